The number of anilines is 1. The van der Waals surface area contributed by atoms with Crippen LogP contribution in [0.25, 0.3) is 0 Å². The molecule has 2 N–H and O–H groups in total. The summed E-state index contributed by atoms with van der Waals surface area (Å²) in [7, 11) is 0. The normalized spacial score (nSPS) is 11.5. The molecule has 1 atom stereocenters. The maximum absolute atomic E-state index is 12.4. The van der Waals surface area contributed by atoms with Crippen molar-refractivity contribution >= 4 is 29.3 Å². The van der Waals surface area contributed by atoms with E-state index < -0.39 is 6.09 Å². The summed E-state index contributed by atoms with van der Waals surface area (Å²) < 4.78 is 4.82. The Morgan fingerprint density at radius 2 is 1.88 bits per heavy atom. The molecule has 0 fully saturated rings. The van der Waals surface area contributed by atoms with E-state index in [1.165, 1.54) is 0 Å². The van der Waals surface area contributed by atoms with Crippen molar-refractivity contribution in [1.82, 2.24) is 5.32 Å². The van der Waals surface area contributed by atoms with Gasteiger partial charge < -0.3 is 10.1 Å². The van der Waals surface area contributed by atoms with Gasteiger partial charge in [-0.15, -0.1) is 0 Å². The fraction of sp³-hybridized carbons (Fsp3) is 0.222. The zero-order valence-corrected chi connectivity index (χ0v) is 14.3. The number of nitrogens with one attached hydrogen (secondary N) is 2. The van der Waals surface area contributed by atoms with Gasteiger partial charge in [0.05, 0.1) is 12.6 Å². The molecule has 0 aliphatic carbocycles. The Kier molecular flexibility index (Phi) is 6.21. The highest BCUT2D eigenvalue weighted by Gasteiger charge is 2.12. The molecule has 0 aromatic heterocycles. The van der Waals surface area contributed by atoms with Crippen LogP contribution in [0.15, 0.2) is 48.5 Å². The molecule has 0 radical (unpaired) electrons. The molecule has 0 saturated carbocycles. The Balaban J connectivity index is 2.04. The van der Waals surface area contributed by atoms with Crippen molar-refractivity contribution in [2.45, 2.75) is 19.9 Å². The van der Waals surface area contributed by atoms with Crippen molar-refractivity contribution < 1.29 is 14.3 Å². The molecule has 0 spiro atoms. The number of benzene rings is 2. The van der Waals surface area contributed by atoms with Crippen molar-refractivity contribution in [2.75, 3.05) is 11.9 Å². The lowest BCUT2D eigenvalue weighted by atomic mass is 10.1. The van der Waals surface area contributed by atoms with Crippen LogP contribution in [-0.2, 0) is 4.74 Å². The standard InChI is InChI=1S/C18H19ClN2O3/c1-3-24-18(23)21-16-6-4-5-14(11-16)17(22)20-12(2)13-7-9-15(19)10-8-13/h4-12H,3H2,1-2H3,(H,20,22)(H,21,23). The number of carbonyl (C=O) groups excluding carboxylic acids is 2. The van der Waals surface area contributed by atoms with E-state index in [2.05, 4.69) is 10.6 Å². The van der Waals surface area contributed by atoms with Gasteiger partial charge in [0.15, 0.2) is 0 Å². The predicted molar refractivity (Wildman–Crippen MR) is 94.4 cm³/mol. The molecule has 6 heteroatoms. The number of carbonyl (C=O) groups is 2. The van der Waals surface area contributed by atoms with Crippen molar-refractivity contribution in [3.05, 3.63) is 64.7 Å². The van der Waals surface area contributed by atoms with Crippen LogP contribution in [0, 0.1) is 0 Å². The quantitative estimate of drug-likeness (QED) is 0.843. The first-order valence-corrected chi connectivity index (χ1v) is 7.97. The fourth-order valence-corrected chi connectivity index (χ4v) is 2.26. The average molecular weight is 347 g/mol. The van der Waals surface area contributed by atoms with Crippen LogP contribution in [-0.4, -0.2) is 18.6 Å². The number of amides is 2. The summed E-state index contributed by atoms with van der Waals surface area (Å²) >= 11 is 5.87. The third kappa shape index (κ3) is 4.99. The van der Waals surface area contributed by atoms with E-state index in [0.717, 1.165) is 5.56 Å². The summed E-state index contributed by atoms with van der Waals surface area (Å²) in [5.41, 5.74) is 1.90. The molecule has 24 heavy (non-hydrogen) atoms. The van der Waals surface area contributed by atoms with Crippen molar-refractivity contribution in [2.24, 2.45) is 0 Å². The van der Waals surface area contributed by atoms with E-state index >= 15 is 0 Å². The van der Waals surface area contributed by atoms with Crippen LogP contribution in [0.1, 0.15) is 35.8 Å². The number of hydrogen-bond acceptors (Lipinski definition) is 3. The molecule has 0 aliphatic heterocycles. The first-order valence-electron chi connectivity index (χ1n) is 7.59. The van der Waals surface area contributed by atoms with Gasteiger partial charge in [-0.1, -0.05) is 29.8 Å². The minimum Gasteiger partial charge on any atom is -0.450 e. The number of hydrogen-bond donors (Lipinski definition) is 2. The molecule has 0 saturated heterocycles. The Hall–Kier alpha value is -2.53. The van der Waals surface area contributed by atoms with Gasteiger partial charge in [-0.05, 0) is 49.7 Å². The second kappa shape index (κ2) is 8.36. The Labute approximate surface area is 146 Å². The van der Waals surface area contributed by atoms with Crippen LogP contribution < -0.4 is 10.6 Å². The van der Waals surface area contributed by atoms with E-state index in [-0.39, 0.29) is 18.6 Å². The van der Waals surface area contributed by atoms with Crippen molar-refractivity contribution in [1.29, 1.82) is 0 Å². The van der Waals surface area contributed by atoms with Gasteiger partial charge >= 0.3 is 6.09 Å². The number of rotatable bonds is 5. The smallest absolute Gasteiger partial charge is 0.411 e. The van der Waals surface area contributed by atoms with Gasteiger partial charge in [-0.2, -0.15) is 0 Å². The van der Waals surface area contributed by atoms with E-state index in [1.807, 2.05) is 19.1 Å². The molecule has 2 amide bonds. The SMILES string of the molecule is CCOC(=O)Nc1cccc(C(=O)NC(C)c2ccc(Cl)cc2)c1. The summed E-state index contributed by atoms with van der Waals surface area (Å²) in [5, 5.41) is 6.13. The highest BCUT2D eigenvalue weighted by atomic mass is 35.5. The molecule has 0 bridgehead atoms. The number of ether oxygens (including phenoxy) is 1. The summed E-state index contributed by atoms with van der Waals surface area (Å²) in [6.07, 6.45) is -0.551. The third-order valence-electron chi connectivity index (χ3n) is 3.36. The molecule has 2 aromatic rings. The largest absolute Gasteiger partial charge is 0.450 e. The van der Waals surface area contributed by atoms with Gasteiger partial charge in [0.25, 0.3) is 5.91 Å². The van der Waals surface area contributed by atoms with Crippen LogP contribution in [0.3, 0.4) is 0 Å². The van der Waals surface area contributed by atoms with E-state index in [1.54, 1.807) is 43.3 Å². The van der Waals surface area contributed by atoms with Crippen LogP contribution in [0.5, 0.6) is 0 Å². The molecule has 5 nitrogen and oxygen atoms in total. The lowest BCUT2D eigenvalue weighted by molar-refractivity contribution is 0.0939. The first kappa shape index (κ1) is 17.8. The van der Waals surface area contributed by atoms with E-state index in [0.29, 0.717) is 16.3 Å². The predicted octanol–water partition coefficient (Wildman–Crippen LogP) is 4.40. The molecular weight excluding hydrogens is 328 g/mol. The zero-order valence-electron chi connectivity index (χ0n) is 13.5. The minimum atomic E-state index is -0.551. The molecule has 126 valence electrons. The topological polar surface area (TPSA) is 67.4 Å². The maximum atomic E-state index is 12.4. The Morgan fingerprint density at radius 1 is 1.17 bits per heavy atom. The van der Waals surface area contributed by atoms with Gasteiger partial charge in [0, 0.05) is 16.3 Å². The first-order chi connectivity index (χ1) is 11.5. The lowest BCUT2D eigenvalue weighted by Crippen LogP contribution is -2.26. The Morgan fingerprint density at radius 3 is 2.54 bits per heavy atom. The molecule has 0 aliphatic rings. The van der Waals surface area contributed by atoms with Crippen molar-refractivity contribution in [3.8, 4) is 0 Å². The molecular formula is C18H19ClN2O3. The van der Waals surface area contributed by atoms with Gasteiger partial charge in [-0.3, -0.25) is 10.1 Å². The number of halogens is 1. The molecule has 2 rings (SSSR count). The van der Waals surface area contributed by atoms with Gasteiger partial charge in [0.1, 0.15) is 0 Å². The monoisotopic (exact) mass is 346 g/mol. The maximum Gasteiger partial charge on any atom is 0.411 e. The van der Waals surface area contributed by atoms with Crippen molar-refractivity contribution in [3.63, 3.8) is 0 Å². The summed E-state index contributed by atoms with van der Waals surface area (Å²) in [6.45, 7) is 3.90. The Bertz CT molecular complexity index is 716. The van der Waals surface area contributed by atoms with Crippen LogP contribution >= 0.6 is 11.6 Å². The minimum absolute atomic E-state index is 0.170. The second-order valence-corrected chi connectivity index (χ2v) is 5.61. The molecule has 0 heterocycles. The van der Waals surface area contributed by atoms with E-state index in [4.69, 9.17) is 16.3 Å². The van der Waals surface area contributed by atoms with Crippen LogP contribution in [0.2, 0.25) is 5.02 Å². The van der Waals surface area contributed by atoms with E-state index in [9.17, 15) is 9.59 Å². The highest BCUT2D eigenvalue weighted by Crippen LogP contribution is 2.17. The summed E-state index contributed by atoms with van der Waals surface area (Å²) in [6, 6.07) is 13.8. The fourth-order valence-electron chi connectivity index (χ4n) is 2.14. The zero-order chi connectivity index (χ0) is 17.5. The second-order valence-electron chi connectivity index (χ2n) is 5.17. The molecule has 2 aromatic carbocycles. The lowest BCUT2D eigenvalue weighted by Gasteiger charge is -2.15. The van der Waals surface area contributed by atoms with Gasteiger partial charge in [-0.25, -0.2) is 4.79 Å². The van der Waals surface area contributed by atoms with Gasteiger partial charge in [0.2, 0.25) is 0 Å². The summed E-state index contributed by atoms with van der Waals surface area (Å²) in [5.74, 6) is -0.232. The van der Waals surface area contributed by atoms with Crippen LogP contribution in [0.4, 0.5) is 10.5 Å². The third-order valence-corrected chi connectivity index (χ3v) is 3.62. The molecule has 1 unspecified atom stereocenters. The summed E-state index contributed by atoms with van der Waals surface area (Å²) in [4.78, 5) is 23.8. The average Bonchev–Trinajstić information content (AvgIpc) is 2.55. The highest BCUT2D eigenvalue weighted by molar-refractivity contribution is 6.30.